The molecule has 0 saturated carbocycles. The van der Waals surface area contributed by atoms with Crippen molar-refractivity contribution in [1.29, 1.82) is 0 Å². The fraction of sp³-hybridized carbons (Fsp3) is 0.778. The normalized spacial score (nSPS) is 13.4. The van der Waals surface area contributed by atoms with Crippen molar-refractivity contribution in [2.75, 3.05) is 20.1 Å². The van der Waals surface area contributed by atoms with Crippen LogP contribution in [0.4, 0.5) is 0 Å². The molecule has 1 heterocycles. The summed E-state index contributed by atoms with van der Waals surface area (Å²) in [5.41, 5.74) is 0.955. The third-order valence-corrected chi connectivity index (χ3v) is 2.22. The van der Waals surface area contributed by atoms with Crippen molar-refractivity contribution in [1.82, 2.24) is 25.6 Å². The topological polar surface area (TPSA) is 56.8 Å². The van der Waals surface area contributed by atoms with Crippen LogP contribution in [-0.2, 0) is 6.54 Å². The number of nitrogens with one attached hydrogen (secondary N) is 2. The van der Waals surface area contributed by atoms with Gasteiger partial charge in [0.1, 0.15) is 0 Å². The second-order valence-electron chi connectivity index (χ2n) is 3.60. The van der Waals surface area contributed by atoms with Crippen LogP contribution in [0.3, 0.4) is 0 Å². The van der Waals surface area contributed by atoms with Gasteiger partial charge in [0, 0.05) is 19.1 Å². The number of aromatic nitrogens is 3. The van der Waals surface area contributed by atoms with E-state index in [0.29, 0.717) is 6.04 Å². The van der Waals surface area contributed by atoms with E-state index in [1.807, 2.05) is 0 Å². The van der Waals surface area contributed by atoms with E-state index in [0.717, 1.165) is 25.3 Å². The van der Waals surface area contributed by atoms with Gasteiger partial charge >= 0.3 is 0 Å². The average molecular weight is 197 g/mol. The summed E-state index contributed by atoms with van der Waals surface area (Å²) in [5.74, 6) is 0. The number of hydrogen-bond acceptors (Lipinski definition) is 4. The average Bonchev–Trinajstić information content (AvgIpc) is 2.67. The first-order valence-corrected chi connectivity index (χ1v) is 4.99. The lowest BCUT2D eigenvalue weighted by atomic mass is 10.3. The monoisotopic (exact) mass is 197 g/mol. The molecule has 0 fully saturated rings. The van der Waals surface area contributed by atoms with Gasteiger partial charge in [-0.25, -0.2) is 0 Å². The van der Waals surface area contributed by atoms with Crippen LogP contribution in [0.2, 0.25) is 0 Å². The summed E-state index contributed by atoms with van der Waals surface area (Å²) >= 11 is 0. The van der Waals surface area contributed by atoms with Crippen LogP contribution in [0.1, 0.15) is 19.5 Å². The molecule has 5 nitrogen and oxygen atoms in total. The lowest BCUT2D eigenvalue weighted by Gasteiger charge is -2.20. The molecule has 1 atom stereocenters. The zero-order valence-corrected chi connectivity index (χ0v) is 9.12. The first-order chi connectivity index (χ1) is 6.72. The van der Waals surface area contributed by atoms with Gasteiger partial charge in [-0.15, -0.1) is 0 Å². The van der Waals surface area contributed by atoms with Gasteiger partial charge in [0.05, 0.1) is 11.9 Å². The molecular weight excluding hydrogens is 178 g/mol. The van der Waals surface area contributed by atoms with Crippen molar-refractivity contribution in [2.45, 2.75) is 26.4 Å². The maximum Gasteiger partial charge on any atom is 0.0962 e. The van der Waals surface area contributed by atoms with Crippen molar-refractivity contribution in [2.24, 2.45) is 0 Å². The van der Waals surface area contributed by atoms with Crippen molar-refractivity contribution in [3.63, 3.8) is 0 Å². The van der Waals surface area contributed by atoms with Gasteiger partial charge in [-0.2, -0.15) is 15.4 Å². The molecule has 0 aliphatic carbocycles. The molecule has 14 heavy (non-hydrogen) atoms. The van der Waals surface area contributed by atoms with Crippen molar-refractivity contribution in [3.05, 3.63) is 11.9 Å². The Morgan fingerprint density at radius 1 is 1.64 bits per heavy atom. The molecule has 1 rings (SSSR count). The van der Waals surface area contributed by atoms with Gasteiger partial charge in [-0.3, -0.25) is 0 Å². The van der Waals surface area contributed by atoms with Crippen LogP contribution in [-0.4, -0.2) is 46.5 Å². The Hall–Kier alpha value is -0.940. The van der Waals surface area contributed by atoms with Gasteiger partial charge in [0.15, 0.2) is 0 Å². The highest BCUT2D eigenvalue weighted by Crippen LogP contribution is 1.92. The molecule has 1 aromatic rings. The summed E-state index contributed by atoms with van der Waals surface area (Å²) in [7, 11) is 2.12. The fourth-order valence-electron chi connectivity index (χ4n) is 1.25. The smallest absolute Gasteiger partial charge is 0.0962 e. The number of nitrogens with zero attached hydrogens (tertiary/aromatic N) is 3. The van der Waals surface area contributed by atoms with Crippen molar-refractivity contribution in [3.8, 4) is 0 Å². The molecule has 1 unspecified atom stereocenters. The highest BCUT2D eigenvalue weighted by atomic mass is 15.3. The summed E-state index contributed by atoms with van der Waals surface area (Å²) < 4.78 is 0. The third kappa shape index (κ3) is 3.85. The molecule has 0 aliphatic rings. The van der Waals surface area contributed by atoms with Gasteiger partial charge in [0.2, 0.25) is 0 Å². The minimum atomic E-state index is 0.469. The van der Waals surface area contributed by atoms with E-state index in [4.69, 9.17) is 0 Å². The molecule has 0 spiro atoms. The predicted octanol–water partition coefficient (Wildman–Crippen LogP) is 0.235. The van der Waals surface area contributed by atoms with Crippen molar-refractivity contribution < 1.29 is 0 Å². The Labute approximate surface area is 84.9 Å². The van der Waals surface area contributed by atoms with Gasteiger partial charge in [-0.05, 0) is 20.5 Å². The van der Waals surface area contributed by atoms with E-state index in [9.17, 15) is 0 Å². The van der Waals surface area contributed by atoms with E-state index < -0.39 is 0 Å². The van der Waals surface area contributed by atoms with Gasteiger partial charge in [0.25, 0.3) is 0 Å². The minimum Gasteiger partial charge on any atom is -0.307 e. The molecule has 1 aromatic heterocycles. The summed E-state index contributed by atoms with van der Waals surface area (Å²) in [6.45, 7) is 7.23. The van der Waals surface area contributed by atoms with E-state index in [-0.39, 0.29) is 0 Å². The SMILES string of the molecule is CCN(C)CC(C)NCc1cn[nH]n1. The largest absolute Gasteiger partial charge is 0.307 e. The highest BCUT2D eigenvalue weighted by Gasteiger charge is 2.04. The van der Waals surface area contributed by atoms with Gasteiger partial charge in [-0.1, -0.05) is 6.92 Å². The van der Waals surface area contributed by atoms with Gasteiger partial charge < -0.3 is 10.2 Å². The predicted molar refractivity (Wildman–Crippen MR) is 55.9 cm³/mol. The molecule has 0 amide bonds. The molecule has 80 valence electrons. The Morgan fingerprint density at radius 2 is 2.43 bits per heavy atom. The number of rotatable bonds is 6. The van der Waals surface area contributed by atoms with Crippen LogP contribution >= 0.6 is 0 Å². The molecule has 0 saturated heterocycles. The van der Waals surface area contributed by atoms with Crippen LogP contribution in [0.15, 0.2) is 6.20 Å². The summed E-state index contributed by atoms with van der Waals surface area (Å²) in [6, 6.07) is 0.469. The van der Waals surface area contributed by atoms with E-state index in [1.165, 1.54) is 0 Å². The Kier molecular flexibility index (Phi) is 4.55. The molecule has 5 heteroatoms. The lowest BCUT2D eigenvalue weighted by molar-refractivity contribution is 0.309. The maximum absolute atomic E-state index is 3.98. The van der Waals surface area contributed by atoms with Crippen LogP contribution in [0, 0.1) is 0 Å². The standard InChI is InChI=1S/C9H19N5/c1-4-14(3)7-8(2)10-5-9-6-11-13-12-9/h6,8,10H,4-5,7H2,1-3H3,(H,11,12,13). The Bertz CT molecular complexity index is 233. The maximum atomic E-state index is 3.98. The van der Waals surface area contributed by atoms with E-state index >= 15 is 0 Å². The third-order valence-electron chi connectivity index (χ3n) is 2.22. The fourth-order valence-corrected chi connectivity index (χ4v) is 1.25. The second-order valence-corrected chi connectivity index (χ2v) is 3.60. The zero-order valence-electron chi connectivity index (χ0n) is 9.12. The first-order valence-electron chi connectivity index (χ1n) is 4.99. The number of H-pyrrole nitrogens is 1. The second kappa shape index (κ2) is 5.72. The van der Waals surface area contributed by atoms with E-state index in [1.54, 1.807) is 6.20 Å². The molecular formula is C9H19N5. The molecule has 0 bridgehead atoms. The molecule has 0 aliphatic heterocycles. The molecule has 0 radical (unpaired) electrons. The zero-order chi connectivity index (χ0) is 10.4. The summed E-state index contributed by atoms with van der Waals surface area (Å²) in [6.07, 6.45) is 1.74. The van der Waals surface area contributed by atoms with Crippen molar-refractivity contribution >= 4 is 0 Å². The van der Waals surface area contributed by atoms with Crippen LogP contribution in [0.25, 0.3) is 0 Å². The number of aromatic amines is 1. The number of hydrogen-bond donors (Lipinski definition) is 2. The lowest BCUT2D eigenvalue weighted by Crippen LogP contribution is -2.37. The summed E-state index contributed by atoms with van der Waals surface area (Å²) in [4.78, 5) is 2.28. The quantitative estimate of drug-likeness (QED) is 0.685. The minimum absolute atomic E-state index is 0.469. The Balaban J connectivity index is 2.18. The van der Waals surface area contributed by atoms with Crippen LogP contribution in [0.5, 0.6) is 0 Å². The van der Waals surface area contributed by atoms with Crippen LogP contribution < -0.4 is 5.32 Å². The number of likely N-dealkylation sites (N-methyl/N-ethyl adjacent to an activating group) is 1. The molecule has 0 aromatic carbocycles. The highest BCUT2D eigenvalue weighted by molar-refractivity contribution is 4.89. The molecule has 2 N–H and O–H groups in total. The summed E-state index contributed by atoms with van der Waals surface area (Å²) in [5, 5.41) is 13.7. The van der Waals surface area contributed by atoms with E-state index in [2.05, 4.69) is 46.5 Å². The first kappa shape index (κ1) is 11.1. The Morgan fingerprint density at radius 3 is 3.00 bits per heavy atom.